The van der Waals surface area contributed by atoms with Gasteiger partial charge >= 0.3 is 0 Å². The van der Waals surface area contributed by atoms with E-state index >= 15 is 0 Å². The maximum absolute atomic E-state index is 12.9. The predicted octanol–water partition coefficient (Wildman–Crippen LogP) is 1.13. The monoisotopic (exact) mass is 304 g/mol. The SMILES string of the molecule is CN1CCC(C(=O)N2CCCCC2Cn2cccn2)CC1=O. The molecule has 0 aliphatic carbocycles. The lowest BCUT2D eigenvalue weighted by molar-refractivity contribution is -0.147. The molecule has 22 heavy (non-hydrogen) atoms. The van der Waals surface area contributed by atoms with E-state index in [1.165, 1.54) is 0 Å². The summed E-state index contributed by atoms with van der Waals surface area (Å²) in [7, 11) is 1.81. The van der Waals surface area contributed by atoms with Crippen LogP contribution >= 0.6 is 0 Å². The zero-order chi connectivity index (χ0) is 15.5. The van der Waals surface area contributed by atoms with Gasteiger partial charge in [0.2, 0.25) is 11.8 Å². The van der Waals surface area contributed by atoms with Gasteiger partial charge in [0.25, 0.3) is 0 Å². The van der Waals surface area contributed by atoms with Crippen LogP contribution in [0.25, 0.3) is 0 Å². The van der Waals surface area contributed by atoms with Crippen LogP contribution in [-0.4, -0.2) is 57.6 Å². The molecular formula is C16H24N4O2. The van der Waals surface area contributed by atoms with Crippen molar-refractivity contribution in [1.82, 2.24) is 19.6 Å². The molecule has 6 heteroatoms. The molecule has 0 saturated carbocycles. The highest BCUT2D eigenvalue weighted by Gasteiger charge is 2.35. The molecule has 2 unspecified atom stereocenters. The van der Waals surface area contributed by atoms with Crippen molar-refractivity contribution in [2.24, 2.45) is 5.92 Å². The van der Waals surface area contributed by atoms with Crippen molar-refractivity contribution < 1.29 is 9.59 Å². The summed E-state index contributed by atoms with van der Waals surface area (Å²) >= 11 is 0. The van der Waals surface area contributed by atoms with Gasteiger partial charge in [-0.2, -0.15) is 5.10 Å². The van der Waals surface area contributed by atoms with E-state index in [2.05, 4.69) is 5.10 Å². The molecule has 2 fully saturated rings. The maximum Gasteiger partial charge on any atom is 0.226 e. The molecular weight excluding hydrogens is 280 g/mol. The van der Waals surface area contributed by atoms with Crippen LogP contribution in [0.2, 0.25) is 0 Å². The first-order chi connectivity index (χ1) is 10.6. The average molecular weight is 304 g/mol. The van der Waals surface area contributed by atoms with Crippen molar-refractivity contribution in [1.29, 1.82) is 0 Å². The summed E-state index contributed by atoms with van der Waals surface area (Å²) in [6, 6.07) is 2.11. The van der Waals surface area contributed by atoms with Gasteiger partial charge in [0, 0.05) is 44.9 Å². The van der Waals surface area contributed by atoms with E-state index in [4.69, 9.17) is 0 Å². The maximum atomic E-state index is 12.9. The molecule has 0 spiro atoms. The Morgan fingerprint density at radius 3 is 2.91 bits per heavy atom. The average Bonchev–Trinajstić information content (AvgIpc) is 3.03. The van der Waals surface area contributed by atoms with E-state index in [0.717, 1.165) is 38.8 Å². The van der Waals surface area contributed by atoms with Gasteiger partial charge in [0.05, 0.1) is 12.6 Å². The number of hydrogen-bond acceptors (Lipinski definition) is 3. The number of likely N-dealkylation sites (tertiary alicyclic amines) is 2. The Bertz CT molecular complexity index is 528. The predicted molar refractivity (Wildman–Crippen MR) is 81.9 cm³/mol. The largest absolute Gasteiger partial charge is 0.346 e. The summed E-state index contributed by atoms with van der Waals surface area (Å²) in [5.74, 6) is 0.116. The number of hydrogen-bond donors (Lipinski definition) is 0. The second-order valence-electron chi connectivity index (χ2n) is 6.41. The van der Waals surface area contributed by atoms with Gasteiger partial charge in [0.15, 0.2) is 0 Å². The molecule has 3 heterocycles. The summed E-state index contributed by atoms with van der Waals surface area (Å²) < 4.78 is 1.90. The van der Waals surface area contributed by atoms with E-state index in [0.29, 0.717) is 13.0 Å². The number of rotatable bonds is 3. The molecule has 0 N–H and O–H groups in total. The van der Waals surface area contributed by atoms with Crippen molar-refractivity contribution in [3.05, 3.63) is 18.5 Å². The van der Waals surface area contributed by atoms with E-state index in [1.54, 1.807) is 11.1 Å². The first-order valence-electron chi connectivity index (χ1n) is 8.17. The Labute approximate surface area is 131 Å². The summed E-state index contributed by atoms with van der Waals surface area (Å²) in [5.41, 5.74) is 0. The molecule has 2 aliphatic rings. The Morgan fingerprint density at radius 1 is 1.32 bits per heavy atom. The fraction of sp³-hybridized carbons (Fsp3) is 0.688. The van der Waals surface area contributed by atoms with Gasteiger partial charge in [-0.3, -0.25) is 14.3 Å². The molecule has 0 bridgehead atoms. The lowest BCUT2D eigenvalue weighted by Crippen LogP contribution is -2.50. The molecule has 1 aromatic heterocycles. The number of carbonyl (C=O) groups is 2. The second kappa shape index (κ2) is 6.50. The van der Waals surface area contributed by atoms with Gasteiger partial charge in [0.1, 0.15) is 0 Å². The standard InChI is InChI=1S/C16H24N4O2/c1-18-10-6-13(11-15(18)21)16(22)20-9-3-2-5-14(20)12-19-8-4-7-17-19/h4,7-8,13-14H,2-3,5-6,9-12H2,1H3. The molecule has 2 amide bonds. The fourth-order valence-electron chi connectivity index (χ4n) is 3.49. The van der Waals surface area contributed by atoms with Crippen molar-refractivity contribution in [3.8, 4) is 0 Å². The van der Waals surface area contributed by atoms with Crippen molar-refractivity contribution in [3.63, 3.8) is 0 Å². The van der Waals surface area contributed by atoms with Crippen LogP contribution in [0.3, 0.4) is 0 Å². The molecule has 0 aromatic carbocycles. The fourth-order valence-corrected chi connectivity index (χ4v) is 3.49. The highest BCUT2D eigenvalue weighted by atomic mass is 16.2. The summed E-state index contributed by atoms with van der Waals surface area (Å²) in [6.07, 6.45) is 8.09. The van der Waals surface area contributed by atoms with Gasteiger partial charge in [-0.15, -0.1) is 0 Å². The van der Waals surface area contributed by atoms with Gasteiger partial charge in [-0.25, -0.2) is 0 Å². The van der Waals surface area contributed by atoms with Crippen LogP contribution in [0, 0.1) is 5.92 Å². The normalized spacial score (nSPS) is 26.3. The minimum atomic E-state index is -0.137. The second-order valence-corrected chi connectivity index (χ2v) is 6.41. The van der Waals surface area contributed by atoms with Crippen LogP contribution in [0.4, 0.5) is 0 Å². The van der Waals surface area contributed by atoms with Crippen LogP contribution in [0.15, 0.2) is 18.5 Å². The van der Waals surface area contributed by atoms with Crippen molar-refractivity contribution in [2.45, 2.75) is 44.7 Å². The lowest BCUT2D eigenvalue weighted by atomic mass is 9.92. The lowest BCUT2D eigenvalue weighted by Gasteiger charge is -2.39. The quantitative estimate of drug-likeness (QED) is 0.841. The van der Waals surface area contributed by atoms with Crippen LogP contribution in [0.5, 0.6) is 0 Å². The highest BCUT2D eigenvalue weighted by Crippen LogP contribution is 2.25. The summed E-state index contributed by atoms with van der Waals surface area (Å²) in [5, 5.41) is 4.26. The van der Waals surface area contributed by atoms with Crippen LogP contribution < -0.4 is 0 Å². The van der Waals surface area contributed by atoms with Crippen molar-refractivity contribution in [2.75, 3.05) is 20.1 Å². The molecule has 6 nitrogen and oxygen atoms in total. The number of carbonyl (C=O) groups excluding carboxylic acids is 2. The topological polar surface area (TPSA) is 58.4 Å². The first-order valence-corrected chi connectivity index (χ1v) is 8.17. The Balaban J connectivity index is 1.67. The molecule has 3 rings (SSSR count). The number of nitrogens with zero attached hydrogens (tertiary/aromatic N) is 4. The minimum absolute atomic E-state index is 0.0882. The summed E-state index contributed by atoms with van der Waals surface area (Å²) in [6.45, 7) is 2.25. The molecule has 120 valence electrons. The van der Waals surface area contributed by atoms with E-state index in [-0.39, 0.29) is 23.8 Å². The third-order valence-electron chi connectivity index (χ3n) is 4.88. The van der Waals surface area contributed by atoms with Gasteiger partial charge in [-0.05, 0) is 31.7 Å². The Morgan fingerprint density at radius 2 is 2.18 bits per heavy atom. The Hall–Kier alpha value is -1.85. The molecule has 0 radical (unpaired) electrons. The van der Waals surface area contributed by atoms with Crippen molar-refractivity contribution >= 4 is 11.8 Å². The van der Waals surface area contributed by atoms with Crippen LogP contribution in [-0.2, 0) is 16.1 Å². The molecule has 2 saturated heterocycles. The molecule has 2 aliphatic heterocycles. The smallest absolute Gasteiger partial charge is 0.226 e. The molecule has 1 aromatic rings. The Kier molecular flexibility index (Phi) is 4.45. The highest BCUT2D eigenvalue weighted by molar-refractivity contribution is 5.87. The van der Waals surface area contributed by atoms with E-state index in [1.807, 2.05) is 28.9 Å². The van der Waals surface area contributed by atoms with E-state index < -0.39 is 0 Å². The molecule has 2 atom stereocenters. The third kappa shape index (κ3) is 3.15. The van der Waals surface area contributed by atoms with Gasteiger partial charge < -0.3 is 9.80 Å². The van der Waals surface area contributed by atoms with Crippen LogP contribution in [0.1, 0.15) is 32.1 Å². The van der Waals surface area contributed by atoms with Gasteiger partial charge in [-0.1, -0.05) is 0 Å². The number of amides is 2. The third-order valence-corrected chi connectivity index (χ3v) is 4.88. The number of aromatic nitrogens is 2. The van der Waals surface area contributed by atoms with E-state index in [9.17, 15) is 9.59 Å². The summed E-state index contributed by atoms with van der Waals surface area (Å²) in [4.78, 5) is 28.5. The zero-order valence-corrected chi connectivity index (χ0v) is 13.1. The first kappa shape index (κ1) is 15.1. The number of piperidine rings is 2. The minimum Gasteiger partial charge on any atom is -0.346 e. The zero-order valence-electron chi connectivity index (χ0n) is 13.1.